The molecule has 7 nitrogen and oxygen atoms in total. The molecule has 1 aromatic heterocycles. The van der Waals surface area contributed by atoms with E-state index in [1.807, 2.05) is 30.3 Å². The molecule has 34 heavy (non-hydrogen) atoms. The normalized spacial score (nSPS) is 14.6. The predicted molar refractivity (Wildman–Crippen MR) is 136 cm³/mol. The van der Waals surface area contributed by atoms with Gasteiger partial charge in [0.2, 0.25) is 5.91 Å². The van der Waals surface area contributed by atoms with Gasteiger partial charge in [-0.15, -0.1) is 11.3 Å². The summed E-state index contributed by atoms with van der Waals surface area (Å²) in [5.41, 5.74) is 14.6. The highest BCUT2D eigenvalue weighted by Gasteiger charge is 2.40. The molecule has 0 spiro atoms. The molecule has 5 N–H and O–H groups in total. The van der Waals surface area contributed by atoms with Crippen LogP contribution in [0.5, 0.6) is 0 Å². The molecule has 0 saturated carbocycles. The van der Waals surface area contributed by atoms with Gasteiger partial charge in [0, 0.05) is 13.2 Å². The number of carbonyl (C=O) groups excluding carboxylic acids is 2. The number of anilines is 2. The van der Waals surface area contributed by atoms with Crippen LogP contribution in [0.3, 0.4) is 0 Å². The minimum absolute atomic E-state index is 0.185. The van der Waals surface area contributed by atoms with Gasteiger partial charge in [0.15, 0.2) is 0 Å². The van der Waals surface area contributed by atoms with E-state index in [9.17, 15) is 9.59 Å². The van der Waals surface area contributed by atoms with E-state index in [1.165, 1.54) is 22.9 Å². The summed E-state index contributed by atoms with van der Waals surface area (Å²) in [5.74, 6) is -0.429. The van der Waals surface area contributed by atoms with Crippen molar-refractivity contribution in [3.8, 4) is 0 Å². The fourth-order valence-electron chi connectivity index (χ4n) is 4.01. The Morgan fingerprint density at radius 1 is 0.971 bits per heavy atom. The minimum Gasteiger partial charge on any atom is -0.397 e. The second kappa shape index (κ2) is 10.5. The van der Waals surface area contributed by atoms with Gasteiger partial charge < -0.3 is 21.5 Å². The van der Waals surface area contributed by atoms with Crippen molar-refractivity contribution in [3.63, 3.8) is 0 Å². The molecular formula is C26H26N4O3S. The van der Waals surface area contributed by atoms with Crippen LogP contribution in [0.2, 0.25) is 0 Å². The quantitative estimate of drug-likeness (QED) is 0.380. The number of nitrogens with two attached hydrogens (primary N) is 2. The number of nitrogens with one attached hydrogen (secondary N) is 1. The number of aromatic nitrogens is 1. The number of amides is 2. The number of ether oxygens (including phenoxy) is 1. The van der Waals surface area contributed by atoms with Crippen molar-refractivity contribution >= 4 is 45.3 Å². The van der Waals surface area contributed by atoms with Crippen molar-refractivity contribution in [1.82, 2.24) is 4.98 Å². The number of rotatable bonds is 4. The van der Waals surface area contributed by atoms with Crippen LogP contribution in [0, 0.1) is 0 Å². The third-order valence-electron chi connectivity index (χ3n) is 5.99. The molecule has 8 heteroatoms. The summed E-state index contributed by atoms with van der Waals surface area (Å²) in [4.78, 5) is 28.0. The van der Waals surface area contributed by atoms with E-state index < -0.39 is 5.41 Å². The average Bonchev–Trinajstić information content (AvgIpc) is 3.41. The molecular weight excluding hydrogens is 448 g/mol. The lowest BCUT2D eigenvalue weighted by Gasteiger charge is -2.34. The first-order chi connectivity index (χ1) is 16.5. The highest BCUT2D eigenvalue weighted by atomic mass is 32.1. The van der Waals surface area contributed by atoms with Gasteiger partial charge in [-0.3, -0.25) is 14.6 Å². The Kier molecular flexibility index (Phi) is 7.20. The van der Waals surface area contributed by atoms with Crippen molar-refractivity contribution in [2.45, 2.75) is 18.3 Å². The van der Waals surface area contributed by atoms with Gasteiger partial charge in [-0.25, -0.2) is 0 Å². The number of hydrogen-bond acceptors (Lipinski definition) is 6. The Morgan fingerprint density at radius 2 is 1.68 bits per heavy atom. The van der Waals surface area contributed by atoms with Crippen LogP contribution in [0.25, 0.3) is 10.8 Å². The van der Waals surface area contributed by atoms with E-state index in [0.29, 0.717) is 42.3 Å². The summed E-state index contributed by atoms with van der Waals surface area (Å²) in [5, 5.41) is 5.04. The number of thiazole rings is 1. The maximum Gasteiger partial charge on any atom is 0.267 e. The number of para-hydroxylation sites is 2. The lowest BCUT2D eigenvalue weighted by molar-refractivity contribution is -0.127. The molecule has 3 aromatic carbocycles. The van der Waals surface area contributed by atoms with Gasteiger partial charge in [0.1, 0.15) is 4.88 Å². The smallest absolute Gasteiger partial charge is 0.267 e. The monoisotopic (exact) mass is 474 g/mol. The Balaban J connectivity index is 0.000000166. The molecule has 0 aliphatic carbocycles. The van der Waals surface area contributed by atoms with Gasteiger partial charge in [-0.1, -0.05) is 54.6 Å². The first-order valence-corrected chi connectivity index (χ1v) is 11.8. The first kappa shape index (κ1) is 23.4. The Labute approximate surface area is 201 Å². The Morgan fingerprint density at radius 3 is 2.35 bits per heavy atom. The Bertz CT molecular complexity index is 1280. The molecule has 2 heterocycles. The van der Waals surface area contributed by atoms with Crippen LogP contribution in [0.15, 0.2) is 78.4 Å². The van der Waals surface area contributed by atoms with Gasteiger partial charge in [-0.2, -0.15) is 0 Å². The van der Waals surface area contributed by atoms with Crippen molar-refractivity contribution in [1.29, 1.82) is 0 Å². The second-order valence-corrected chi connectivity index (χ2v) is 8.91. The summed E-state index contributed by atoms with van der Waals surface area (Å²) in [6.07, 6.45) is 2.86. The third-order valence-corrected chi connectivity index (χ3v) is 6.76. The lowest BCUT2D eigenvalue weighted by Crippen LogP contribution is -2.45. The number of nitrogen functional groups attached to an aromatic ring is 1. The molecule has 1 aliphatic rings. The van der Waals surface area contributed by atoms with Crippen LogP contribution in [-0.2, 0) is 14.9 Å². The molecule has 5 rings (SSSR count). The maximum atomic E-state index is 12.0. The standard InChI is InChI=1S/C16H17NO2.C10H9N3OS/c17-15(18)16(7-9-19-10-8-16)14-6-5-12-3-1-2-4-13(12)11-14;11-7-3-1-2-4-8(7)13-10(14)9-5-12-6-15-9/h1-6,11H,7-10H2,(H2,17,18);1-6H,11H2,(H,13,14). The number of primary amides is 1. The zero-order valence-corrected chi connectivity index (χ0v) is 19.4. The number of hydrogen-bond donors (Lipinski definition) is 3. The molecule has 2 amide bonds. The van der Waals surface area contributed by atoms with E-state index in [0.717, 1.165) is 10.9 Å². The molecule has 4 aromatic rings. The van der Waals surface area contributed by atoms with Gasteiger partial charge >= 0.3 is 0 Å². The fourth-order valence-corrected chi connectivity index (χ4v) is 4.52. The summed E-state index contributed by atoms with van der Waals surface area (Å²) < 4.78 is 5.38. The van der Waals surface area contributed by atoms with Crippen molar-refractivity contribution in [2.24, 2.45) is 5.73 Å². The third kappa shape index (κ3) is 5.08. The van der Waals surface area contributed by atoms with Crippen LogP contribution in [0.1, 0.15) is 28.1 Å². The lowest BCUT2D eigenvalue weighted by atomic mass is 9.73. The minimum atomic E-state index is -0.567. The van der Waals surface area contributed by atoms with Gasteiger partial charge in [-0.05, 0) is 41.3 Å². The Hall–Kier alpha value is -3.75. The molecule has 0 bridgehead atoms. The second-order valence-electron chi connectivity index (χ2n) is 8.03. The SMILES string of the molecule is NC(=O)C1(c2ccc3ccccc3c2)CCOCC1.Nc1ccccc1NC(=O)c1cncs1. The van der Waals surface area contributed by atoms with Crippen LogP contribution in [0.4, 0.5) is 11.4 Å². The molecule has 1 fully saturated rings. The fraction of sp³-hybridized carbons (Fsp3) is 0.192. The maximum absolute atomic E-state index is 12.0. The molecule has 1 aliphatic heterocycles. The van der Waals surface area contributed by atoms with Crippen LogP contribution < -0.4 is 16.8 Å². The number of fused-ring (bicyclic) bond motifs is 1. The average molecular weight is 475 g/mol. The number of carbonyl (C=O) groups is 2. The molecule has 0 unspecified atom stereocenters. The van der Waals surface area contributed by atoms with E-state index in [2.05, 4.69) is 34.6 Å². The van der Waals surface area contributed by atoms with Gasteiger partial charge in [0.25, 0.3) is 5.91 Å². The molecule has 0 atom stereocenters. The molecule has 0 radical (unpaired) electrons. The van der Waals surface area contributed by atoms with Crippen molar-refractivity contribution in [3.05, 3.63) is 88.9 Å². The highest BCUT2D eigenvalue weighted by Crippen LogP contribution is 2.36. The largest absolute Gasteiger partial charge is 0.397 e. The highest BCUT2D eigenvalue weighted by molar-refractivity contribution is 7.11. The summed E-state index contributed by atoms with van der Waals surface area (Å²) >= 11 is 1.29. The van der Waals surface area contributed by atoms with Crippen molar-refractivity contribution < 1.29 is 14.3 Å². The predicted octanol–water partition coefficient (Wildman–Crippen LogP) is 4.35. The molecule has 174 valence electrons. The van der Waals surface area contributed by atoms with E-state index in [-0.39, 0.29) is 11.8 Å². The van der Waals surface area contributed by atoms with Gasteiger partial charge in [0.05, 0.1) is 28.5 Å². The number of benzene rings is 3. The van der Waals surface area contributed by atoms with Crippen LogP contribution in [-0.4, -0.2) is 30.0 Å². The number of nitrogens with zero attached hydrogens (tertiary/aromatic N) is 1. The van der Waals surface area contributed by atoms with Crippen LogP contribution >= 0.6 is 11.3 Å². The zero-order chi connectivity index (χ0) is 24.0. The van der Waals surface area contributed by atoms with E-state index in [1.54, 1.807) is 17.6 Å². The summed E-state index contributed by atoms with van der Waals surface area (Å²) in [6.45, 7) is 1.19. The first-order valence-electron chi connectivity index (χ1n) is 10.9. The topological polar surface area (TPSA) is 120 Å². The molecule has 1 saturated heterocycles. The van der Waals surface area contributed by atoms with Crippen molar-refractivity contribution in [2.75, 3.05) is 24.3 Å². The zero-order valence-electron chi connectivity index (χ0n) is 18.6. The van der Waals surface area contributed by atoms with E-state index >= 15 is 0 Å². The summed E-state index contributed by atoms with van der Waals surface area (Å²) in [7, 11) is 0. The summed E-state index contributed by atoms with van der Waals surface area (Å²) in [6, 6.07) is 21.5. The van der Waals surface area contributed by atoms with E-state index in [4.69, 9.17) is 16.2 Å².